The number of fused-ring (bicyclic) bond motifs is 1. The first-order valence-corrected chi connectivity index (χ1v) is 12.0. The minimum atomic E-state index is -1.72. The van der Waals surface area contributed by atoms with Crippen molar-refractivity contribution in [3.05, 3.63) is 54.6 Å². The Balaban J connectivity index is 2.65. The van der Waals surface area contributed by atoms with Gasteiger partial charge in [0.05, 0.1) is 8.07 Å². The van der Waals surface area contributed by atoms with E-state index in [1.807, 2.05) is 31.2 Å². The summed E-state index contributed by atoms with van der Waals surface area (Å²) >= 11 is 0. The number of carboxylic acid groups (broad SMARTS) is 1. The molecule has 0 aliphatic rings. The molecule has 0 aliphatic carbocycles. The Morgan fingerprint density at radius 3 is 2.50 bits per heavy atom. The second kappa shape index (κ2) is 7.87. The topological polar surface area (TPSA) is 66.4 Å². The Bertz CT molecular complexity index is 844. The van der Waals surface area contributed by atoms with E-state index in [0.717, 1.165) is 22.4 Å². The maximum Gasteiger partial charge on any atom is 0.326 e. The first kappa shape index (κ1) is 19.9. The molecule has 1 amide bonds. The van der Waals surface area contributed by atoms with Gasteiger partial charge in [-0.15, -0.1) is 6.58 Å². The maximum absolute atomic E-state index is 11.8. The molecule has 0 radical (unpaired) electrons. The number of carbonyl (C=O) groups excluding carboxylic acids is 1. The molecule has 2 aromatic rings. The zero-order valence-electron chi connectivity index (χ0n) is 15.9. The number of amides is 1. The third-order valence-corrected chi connectivity index (χ3v) is 8.11. The lowest BCUT2D eigenvalue weighted by Crippen LogP contribution is -2.44. The van der Waals surface area contributed by atoms with E-state index in [4.69, 9.17) is 0 Å². The highest BCUT2D eigenvalue weighted by Gasteiger charge is 2.30. The number of carboxylic acids is 1. The van der Waals surface area contributed by atoms with Gasteiger partial charge in [-0.3, -0.25) is 4.79 Å². The summed E-state index contributed by atoms with van der Waals surface area (Å²) in [6.45, 7) is 11.7. The highest BCUT2D eigenvalue weighted by Crippen LogP contribution is 2.29. The number of hydrogen-bond acceptors (Lipinski definition) is 2. The zero-order chi connectivity index (χ0) is 19.5. The number of benzene rings is 2. The van der Waals surface area contributed by atoms with Crippen LogP contribution in [0, 0.1) is 0 Å². The molecule has 2 atom stereocenters. The van der Waals surface area contributed by atoms with Crippen LogP contribution in [0.3, 0.4) is 0 Å². The fourth-order valence-corrected chi connectivity index (χ4v) is 5.44. The van der Waals surface area contributed by atoms with Gasteiger partial charge in [0.2, 0.25) is 5.91 Å². The van der Waals surface area contributed by atoms with Crippen molar-refractivity contribution in [3.8, 4) is 0 Å². The Hall–Kier alpha value is -2.40. The molecular formula is C21H27NO3Si. The van der Waals surface area contributed by atoms with Crippen molar-refractivity contribution >= 4 is 35.9 Å². The number of aliphatic carboxylic acids is 1. The third-order valence-electron chi connectivity index (χ3n) is 4.95. The molecule has 2 unspecified atom stereocenters. The molecule has 0 bridgehead atoms. The molecular weight excluding hydrogens is 342 g/mol. The molecule has 4 nitrogen and oxygen atoms in total. The smallest absolute Gasteiger partial charge is 0.326 e. The lowest BCUT2D eigenvalue weighted by atomic mass is 9.89. The van der Waals surface area contributed by atoms with E-state index in [9.17, 15) is 14.7 Å². The van der Waals surface area contributed by atoms with Crippen LogP contribution in [0.25, 0.3) is 10.8 Å². The molecule has 0 aliphatic heterocycles. The number of nitrogens with one attached hydrogen (secondary N) is 1. The first-order chi connectivity index (χ1) is 12.2. The van der Waals surface area contributed by atoms with Crippen molar-refractivity contribution in [2.24, 2.45) is 0 Å². The van der Waals surface area contributed by atoms with Crippen LogP contribution >= 0.6 is 0 Å². The second-order valence-corrected chi connectivity index (χ2v) is 12.2. The lowest BCUT2D eigenvalue weighted by molar-refractivity contribution is -0.142. The molecule has 2 rings (SSSR count). The molecule has 138 valence electrons. The van der Waals surface area contributed by atoms with E-state index < -0.39 is 20.1 Å². The third kappa shape index (κ3) is 4.22. The maximum atomic E-state index is 11.8. The van der Waals surface area contributed by atoms with Crippen LogP contribution < -0.4 is 10.5 Å². The van der Waals surface area contributed by atoms with Crippen molar-refractivity contribution in [2.45, 2.75) is 44.9 Å². The van der Waals surface area contributed by atoms with Crippen LogP contribution in [0.1, 0.15) is 25.3 Å². The standard InChI is InChI=1S/C21H27NO3Si/c1-6-11-26(4,5)17-12-16-9-7-8-10-18(16)19(13-17)14(2)20(21(24)25)22-15(3)23/h6-10,12-14,20H,1,11H2,2-5H3,(H,22,23)(H,24,25). The van der Waals surface area contributed by atoms with Gasteiger partial charge in [-0.05, 0) is 22.4 Å². The van der Waals surface area contributed by atoms with Gasteiger partial charge in [0.15, 0.2) is 0 Å². The van der Waals surface area contributed by atoms with E-state index in [1.165, 1.54) is 12.1 Å². The molecule has 2 N–H and O–H groups in total. The van der Waals surface area contributed by atoms with Gasteiger partial charge in [-0.2, -0.15) is 0 Å². The average Bonchev–Trinajstić information content (AvgIpc) is 2.57. The second-order valence-electron chi connectivity index (χ2n) is 7.47. The highest BCUT2D eigenvalue weighted by atomic mass is 28.3. The molecule has 0 saturated carbocycles. The van der Waals surface area contributed by atoms with E-state index in [-0.39, 0.29) is 11.8 Å². The number of carbonyl (C=O) groups is 2. The summed E-state index contributed by atoms with van der Waals surface area (Å²) in [4.78, 5) is 23.2. The Morgan fingerprint density at radius 1 is 1.27 bits per heavy atom. The van der Waals surface area contributed by atoms with Gasteiger partial charge in [0.1, 0.15) is 6.04 Å². The molecule has 0 fully saturated rings. The van der Waals surface area contributed by atoms with E-state index >= 15 is 0 Å². The van der Waals surface area contributed by atoms with E-state index in [0.29, 0.717) is 0 Å². The van der Waals surface area contributed by atoms with Crippen molar-refractivity contribution in [1.82, 2.24) is 5.32 Å². The summed E-state index contributed by atoms with van der Waals surface area (Å²) in [5.41, 5.74) is 0.962. The van der Waals surface area contributed by atoms with Gasteiger partial charge in [0.25, 0.3) is 0 Å². The zero-order valence-corrected chi connectivity index (χ0v) is 16.9. The number of rotatable bonds is 7. The molecule has 2 aromatic carbocycles. The van der Waals surface area contributed by atoms with Crippen LogP contribution in [-0.2, 0) is 9.59 Å². The molecule has 0 aromatic heterocycles. The minimum absolute atomic E-state index is 0.342. The van der Waals surface area contributed by atoms with Crippen LogP contribution in [0.2, 0.25) is 19.1 Å². The van der Waals surface area contributed by atoms with Crippen molar-refractivity contribution in [3.63, 3.8) is 0 Å². The lowest BCUT2D eigenvalue weighted by Gasteiger charge is -2.27. The Kier molecular flexibility index (Phi) is 6.03. The van der Waals surface area contributed by atoms with Gasteiger partial charge in [0, 0.05) is 12.8 Å². The van der Waals surface area contributed by atoms with Gasteiger partial charge < -0.3 is 10.4 Å². The molecule has 0 spiro atoms. The largest absolute Gasteiger partial charge is 0.480 e. The average molecular weight is 370 g/mol. The van der Waals surface area contributed by atoms with Crippen molar-refractivity contribution < 1.29 is 14.7 Å². The molecule has 0 saturated heterocycles. The summed E-state index contributed by atoms with van der Waals surface area (Å²) in [5, 5.41) is 15.6. The predicted molar refractivity (Wildman–Crippen MR) is 110 cm³/mol. The van der Waals surface area contributed by atoms with Crippen LogP contribution in [0.5, 0.6) is 0 Å². The Morgan fingerprint density at radius 2 is 1.92 bits per heavy atom. The summed E-state index contributed by atoms with van der Waals surface area (Å²) in [6, 6.07) is 12.4. The predicted octanol–water partition coefficient (Wildman–Crippen LogP) is 3.63. The van der Waals surface area contributed by atoms with Gasteiger partial charge >= 0.3 is 5.97 Å². The quantitative estimate of drug-likeness (QED) is 0.578. The fourth-order valence-electron chi connectivity index (χ4n) is 3.39. The van der Waals surface area contributed by atoms with Crippen LogP contribution in [0.4, 0.5) is 0 Å². The van der Waals surface area contributed by atoms with E-state index in [2.05, 4.69) is 43.2 Å². The highest BCUT2D eigenvalue weighted by molar-refractivity contribution is 6.90. The SMILES string of the molecule is C=CC[Si](C)(C)c1cc(C(C)C(NC(C)=O)C(=O)O)c2ccccc2c1. The normalized spacial score (nSPS) is 13.8. The van der Waals surface area contributed by atoms with Crippen LogP contribution in [0.15, 0.2) is 49.1 Å². The summed E-state index contributed by atoms with van der Waals surface area (Å²) in [5.74, 6) is -1.72. The number of allylic oxidation sites excluding steroid dienone is 1. The summed E-state index contributed by atoms with van der Waals surface area (Å²) < 4.78 is 0. The van der Waals surface area contributed by atoms with Crippen molar-refractivity contribution in [2.75, 3.05) is 0 Å². The molecule has 0 heterocycles. The van der Waals surface area contributed by atoms with Gasteiger partial charge in [-0.25, -0.2) is 4.79 Å². The summed E-state index contributed by atoms with van der Waals surface area (Å²) in [7, 11) is -1.72. The molecule has 26 heavy (non-hydrogen) atoms. The minimum Gasteiger partial charge on any atom is -0.480 e. The van der Waals surface area contributed by atoms with E-state index in [1.54, 1.807) is 0 Å². The Labute approximate surface area is 155 Å². The van der Waals surface area contributed by atoms with Crippen LogP contribution in [-0.4, -0.2) is 31.1 Å². The fraction of sp³-hybridized carbons (Fsp3) is 0.333. The first-order valence-electron chi connectivity index (χ1n) is 8.81. The van der Waals surface area contributed by atoms with Gasteiger partial charge in [-0.1, -0.05) is 67.7 Å². The summed E-state index contributed by atoms with van der Waals surface area (Å²) in [6.07, 6.45) is 1.96. The van der Waals surface area contributed by atoms with Crippen molar-refractivity contribution in [1.29, 1.82) is 0 Å². The monoisotopic (exact) mass is 369 g/mol. The number of hydrogen-bond donors (Lipinski definition) is 2. The molecule has 5 heteroatoms.